The first kappa shape index (κ1) is 8.49. The van der Waals surface area contributed by atoms with Gasteiger partial charge in [0.05, 0.1) is 17.7 Å². The number of carbonyl (C=O) groups excluding carboxylic acids is 1. The molecular weight excluding hydrogens is 188 g/mol. The minimum atomic E-state index is -1.12. The van der Waals surface area contributed by atoms with Crippen LogP contribution < -0.4 is 5.32 Å². The minimum absolute atomic E-state index is 0.0175. The van der Waals surface area contributed by atoms with E-state index in [2.05, 4.69) is 15.0 Å². The van der Waals surface area contributed by atoms with Crippen molar-refractivity contribution in [3.05, 3.63) is 23.6 Å². The highest BCUT2D eigenvalue weighted by molar-refractivity contribution is 6.08. The van der Waals surface area contributed by atoms with Crippen LogP contribution in [0.5, 0.6) is 0 Å². The van der Waals surface area contributed by atoms with Gasteiger partial charge in [0.1, 0.15) is 12.0 Å². The van der Waals surface area contributed by atoms with Crippen LogP contribution in [0.1, 0.15) is 12.1 Å². The van der Waals surface area contributed by atoms with Crippen molar-refractivity contribution in [2.75, 3.05) is 0 Å². The number of aliphatic carboxylic acids is 1. The Bertz CT molecular complexity index is 419. The SMILES string of the molecule is O=C1CC(C(=O)O)=C(c2ccon2)N1. The number of nitrogens with one attached hydrogen (secondary N) is 1. The molecule has 0 aliphatic carbocycles. The second-order valence-corrected chi connectivity index (χ2v) is 2.77. The molecule has 0 atom stereocenters. The van der Waals surface area contributed by atoms with Crippen LogP contribution in [0.25, 0.3) is 5.70 Å². The molecule has 1 aliphatic heterocycles. The third kappa shape index (κ3) is 1.26. The second-order valence-electron chi connectivity index (χ2n) is 2.77. The van der Waals surface area contributed by atoms with Crippen molar-refractivity contribution in [1.82, 2.24) is 10.5 Å². The average molecular weight is 194 g/mol. The molecule has 2 rings (SSSR count). The average Bonchev–Trinajstić information content (AvgIpc) is 2.70. The number of hydrogen-bond donors (Lipinski definition) is 2. The van der Waals surface area contributed by atoms with Crippen molar-refractivity contribution in [1.29, 1.82) is 0 Å². The molecule has 0 aromatic carbocycles. The zero-order valence-corrected chi connectivity index (χ0v) is 6.98. The molecule has 0 spiro atoms. The molecule has 0 fully saturated rings. The van der Waals surface area contributed by atoms with Gasteiger partial charge in [0.15, 0.2) is 0 Å². The maximum atomic E-state index is 11.0. The molecule has 0 saturated carbocycles. The Morgan fingerprint density at radius 1 is 1.64 bits per heavy atom. The smallest absolute Gasteiger partial charge is 0.334 e. The van der Waals surface area contributed by atoms with Gasteiger partial charge in [-0.25, -0.2) is 4.79 Å². The van der Waals surface area contributed by atoms with Gasteiger partial charge < -0.3 is 14.9 Å². The van der Waals surface area contributed by atoms with Crippen molar-refractivity contribution < 1.29 is 19.2 Å². The number of amides is 1. The predicted octanol–water partition coefficient (Wildman–Crippen LogP) is -0.00980. The van der Waals surface area contributed by atoms with E-state index in [1.54, 1.807) is 0 Å². The molecule has 2 heterocycles. The van der Waals surface area contributed by atoms with Gasteiger partial charge in [-0.3, -0.25) is 4.79 Å². The van der Waals surface area contributed by atoms with E-state index in [-0.39, 0.29) is 23.6 Å². The number of carboxylic acid groups (broad SMARTS) is 1. The van der Waals surface area contributed by atoms with Crippen molar-refractivity contribution >= 4 is 17.6 Å². The Balaban J connectivity index is 2.45. The van der Waals surface area contributed by atoms with Gasteiger partial charge in [-0.15, -0.1) is 0 Å². The summed E-state index contributed by atoms with van der Waals surface area (Å²) >= 11 is 0. The largest absolute Gasteiger partial charge is 0.478 e. The van der Waals surface area contributed by atoms with E-state index in [9.17, 15) is 9.59 Å². The molecule has 6 nitrogen and oxygen atoms in total. The Morgan fingerprint density at radius 3 is 3.00 bits per heavy atom. The predicted molar refractivity (Wildman–Crippen MR) is 43.8 cm³/mol. The van der Waals surface area contributed by atoms with E-state index in [0.29, 0.717) is 5.69 Å². The van der Waals surface area contributed by atoms with E-state index < -0.39 is 5.97 Å². The quantitative estimate of drug-likeness (QED) is 0.690. The van der Waals surface area contributed by atoms with Gasteiger partial charge in [0.25, 0.3) is 0 Å². The van der Waals surface area contributed by atoms with E-state index in [1.165, 1.54) is 12.3 Å². The second kappa shape index (κ2) is 2.99. The fourth-order valence-corrected chi connectivity index (χ4v) is 1.25. The molecule has 1 amide bonds. The summed E-state index contributed by atoms with van der Waals surface area (Å²) in [5, 5.41) is 14.8. The molecule has 72 valence electrons. The molecule has 1 aromatic heterocycles. The van der Waals surface area contributed by atoms with Crippen molar-refractivity contribution in [2.45, 2.75) is 6.42 Å². The molecule has 0 bridgehead atoms. The van der Waals surface area contributed by atoms with Crippen LogP contribution >= 0.6 is 0 Å². The van der Waals surface area contributed by atoms with Gasteiger partial charge in [-0.1, -0.05) is 5.16 Å². The Morgan fingerprint density at radius 2 is 2.43 bits per heavy atom. The van der Waals surface area contributed by atoms with E-state index >= 15 is 0 Å². The monoisotopic (exact) mass is 194 g/mol. The number of carboxylic acids is 1. The molecule has 0 radical (unpaired) electrons. The maximum Gasteiger partial charge on any atom is 0.334 e. The molecular formula is C8H6N2O4. The fourth-order valence-electron chi connectivity index (χ4n) is 1.25. The summed E-state index contributed by atoms with van der Waals surface area (Å²) in [5.74, 6) is -1.47. The van der Waals surface area contributed by atoms with E-state index in [1.807, 2.05) is 0 Å². The molecule has 0 saturated heterocycles. The Kier molecular flexibility index (Phi) is 1.81. The highest BCUT2D eigenvalue weighted by Crippen LogP contribution is 2.22. The highest BCUT2D eigenvalue weighted by atomic mass is 16.5. The van der Waals surface area contributed by atoms with Crippen LogP contribution in [-0.2, 0) is 9.59 Å². The Labute approximate surface area is 78.2 Å². The normalized spacial score (nSPS) is 15.9. The molecule has 6 heteroatoms. The summed E-state index contributed by atoms with van der Waals surface area (Å²) in [6.45, 7) is 0. The zero-order valence-electron chi connectivity index (χ0n) is 6.98. The van der Waals surface area contributed by atoms with Gasteiger partial charge in [0.2, 0.25) is 5.91 Å². The fraction of sp³-hybridized carbons (Fsp3) is 0.125. The number of nitrogens with zero attached hydrogens (tertiary/aromatic N) is 1. The molecule has 1 aromatic rings. The summed E-state index contributed by atoms with van der Waals surface area (Å²) in [6, 6.07) is 1.49. The number of aromatic nitrogens is 1. The number of carbonyl (C=O) groups is 2. The Hall–Kier alpha value is -2.11. The summed E-state index contributed by atoms with van der Waals surface area (Å²) in [5.41, 5.74) is 0.563. The van der Waals surface area contributed by atoms with Crippen LogP contribution in [0.3, 0.4) is 0 Å². The van der Waals surface area contributed by atoms with Gasteiger partial charge in [-0.05, 0) is 0 Å². The summed E-state index contributed by atoms with van der Waals surface area (Å²) < 4.78 is 4.56. The first-order chi connectivity index (χ1) is 6.68. The van der Waals surface area contributed by atoms with Crippen molar-refractivity contribution in [2.24, 2.45) is 0 Å². The maximum absolute atomic E-state index is 11.0. The summed E-state index contributed by atoms with van der Waals surface area (Å²) in [6.07, 6.45) is 1.18. The number of rotatable bonds is 2. The lowest BCUT2D eigenvalue weighted by atomic mass is 10.1. The molecule has 14 heavy (non-hydrogen) atoms. The lowest BCUT2D eigenvalue weighted by Gasteiger charge is -1.97. The van der Waals surface area contributed by atoms with E-state index in [4.69, 9.17) is 5.11 Å². The minimum Gasteiger partial charge on any atom is -0.478 e. The number of hydrogen-bond acceptors (Lipinski definition) is 4. The summed E-state index contributed by atoms with van der Waals surface area (Å²) in [7, 11) is 0. The third-order valence-corrected chi connectivity index (χ3v) is 1.86. The zero-order chi connectivity index (χ0) is 10.1. The van der Waals surface area contributed by atoms with Crippen molar-refractivity contribution in [3.8, 4) is 0 Å². The van der Waals surface area contributed by atoms with Crippen LogP contribution in [-0.4, -0.2) is 22.1 Å². The van der Waals surface area contributed by atoms with Gasteiger partial charge >= 0.3 is 5.97 Å². The van der Waals surface area contributed by atoms with Crippen LogP contribution in [0.2, 0.25) is 0 Å². The topological polar surface area (TPSA) is 92.4 Å². The molecule has 2 N–H and O–H groups in total. The summed E-state index contributed by atoms with van der Waals surface area (Å²) in [4.78, 5) is 21.7. The molecule has 1 aliphatic rings. The van der Waals surface area contributed by atoms with Crippen LogP contribution in [0.4, 0.5) is 0 Å². The highest BCUT2D eigenvalue weighted by Gasteiger charge is 2.28. The van der Waals surface area contributed by atoms with Crippen LogP contribution in [0.15, 0.2) is 22.4 Å². The van der Waals surface area contributed by atoms with Gasteiger partial charge in [-0.2, -0.15) is 0 Å². The van der Waals surface area contributed by atoms with E-state index in [0.717, 1.165) is 0 Å². The van der Waals surface area contributed by atoms with Crippen LogP contribution in [0, 0.1) is 0 Å². The first-order valence-corrected chi connectivity index (χ1v) is 3.85. The third-order valence-electron chi connectivity index (χ3n) is 1.86. The lowest BCUT2D eigenvalue weighted by Crippen LogP contribution is -2.14. The first-order valence-electron chi connectivity index (χ1n) is 3.85. The molecule has 0 unspecified atom stereocenters. The van der Waals surface area contributed by atoms with Gasteiger partial charge in [0, 0.05) is 6.07 Å². The van der Waals surface area contributed by atoms with Crippen molar-refractivity contribution in [3.63, 3.8) is 0 Å². The standard InChI is InChI=1S/C8H6N2O4/c11-6-3-4(8(12)13)7(9-6)5-1-2-14-10-5/h1-2H,3H2,(H,9,11)(H,12,13). The lowest BCUT2D eigenvalue weighted by molar-refractivity contribution is -0.133.